The predicted octanol–water partition coefficient (Wildman–Crippen LogP) is 3.18. The summed E-state index contributed by atoms with van der Waals surface area (Å²) in [4.78, 5) is 3.13. The zero-order chi connectivity index (χ0) is 13.7. The zero-order valence-corrected chi connectivity index (χ0v) is 11.7. The van der Waals surface area contributed by atoms with Crippen LogP contribution in [0.3, 0.4) is 0 Å². The smallest absolute Gasteiger partial charge is 0.184 e. The number of aryl methyl sites for hydroxylation is 2. The first-order valence-electron chi connectivity index (χ1n) is 5.90. The number of fused-ring (bicyclic) bond motifs is 1. The van der Waals surface area contributed by atoms with Crippen LogP contribution in [0, 0.1) is 24.4 Å². The Kier molecular flexibility index (Phi) is 2.56. The summed E-state index contributed by atoms with van der Waals surface area (Å²) in [7, 11) is 1.85. The highest BCUT2D eigenvalue weighted by Gasteiger charge is 2.16. The molecule has 2 heterocycles. The largest absolute Gasteiger partial charge is 0.327 e. The molecule has 0 saturated heterocycles. The van der Waals surface area contributed by atoms with E-state index in [1.54, 1.807) is 17.7 Å². The molecule has 4 nitrogen and oxygen atoms in total. The van der Waals surface area contributed by atoms with Crippen LogP contribution >= 0.6 is 12.2 Å². The van der Waals surface area contributed by atoms with Crippen LogP contribution in [-0.4, -0.2) is 19.3 Å². The highest BCUT2D eigenvalue weighted by atomic mass is 32.1. The highest BCUT2D eigenvalue weighted by Crippen LogP contribution is 2.24. The monoisotopic (exact) mass is 276 g/mol. The minimum absolute atomic E-state index is 0.243. The summed E-state index contributed by atoms with van der Waals surface area (Å²) in [5.74, 6) is -0.243. The molecule has 0 spiro atoms. The van der Waals surface area contributed by atoms with E-state index in [0.29, 0.717) is 10.3 Å². The van der Waals surface area contributed by atoms with Gasteiger partial charge in [-0.05, 0) is 38.2 Å². The quantitative estimate of drug-likeness (QED) is 0.693. The summed E-state index contributed by atoms with van der Waals surface area (Å²) in [5.41, 5.74) is 3.90. The number of H-pyrrole nitrogens is 1. The van der Waals surface area contributed by atoms with Gasteiger partial charge in [0.15, 0.2) is 10.4 Å². The molecule has 0 atom stereocenters. The molecule has 1 N–H and O–H groups in total. The summed E-state index contributed by atoms with van der Waals surface area (Å²) in [6.07, 6.45) is 0. The second kappa shape index (κ2) is 4.03. The molecule has 1 aromatic carbocycles. The fourth-order valence-corrected chi connectivity index (χ4v) is 2.66. The van der Waals surface area contributed by atoms with E-state index >= 15 is 0 Å². The van der Waals surface area contributed by atoms with Crippen LogP contribution in [0.2, 0.25) is 0 Å². The van der Waals surface area contributed by atoms with Gasteiger partial charge in [-0.1, -0.05) is 6.07 Å². The van der Waals surface area contributed by atoms with Crippen molar-refractivity contribution in [2.45, 2.75) is 13.8 Å². The third-order valence-corrected chi connectivity index (χ3v) is 3.60. The standard InChI is InChI=1S/C13H13FN4S/c1-7-9(14)5-4-6-10(7)18-12-11(15-13(18)19)8(2)16-17(12)3/h4-6H,1-3H3,(H,15,19). The third-order valence-electron chi connectivity index (χ3n) is 3.32. The Bertz CT molecular complexity index is 840. The molecule has 0 fully saturated rings. The van der Waals surface area contributed by atoms with E-state index in [9.17, 15) is 4.39 Å². The lowest BCUT2D eigenvalue weighted by molar-refractivity contribution is 0.616. The molecule has 0 radical (unpaired) electrons. The van der Waals surface area contributed by atoms with Crippen molar-refractivity contribution in [2.75, 3.05) is 0 Å². The molecule has 2 aromatic heterocycles. The van der Waals surface area contributed by atoms with Gasteiger partial charge < -0.3 is 4.98 Å². The molecule has 0 amide bonds. The molecule has 19 heavy (non-hydrogen) atoms. The topological polar surface area (TPSA) is 38.5 Å². The van der Waals surface area contributed by atoms with E-state index in [-0.39, 0.29) is 5.82 Å². The van der Waals surface area contributed by atoms with Crippen LogP contribution in [0.25, 0.3) is 16.9 Å². The highest BCUT2D eigenvalue weighted by molar-refractivity contribution is 7.71. The fraction of sp³-hybridized carbons (Fsp3) is 0.231. The van der Waals surface area contributed by atoms with E-state index in [4.69, 9.17) is 12.2 Å². The average Bonchev–Trinajstić information content (AvgIpc) is 2.82. The number of nitrogens with zero attached hydrogens (tertiary/aromatic N) is 3. The second-order valence-corrected chi connectivity index (χ2v) is 4.94. The van der Waals surface area contributed by atoms with Crippen molar-refractivity contribution < 1.29 is 4.39 Å². The van der Waals surface area contributed by atoms with Gasteiger partial charge in [-0.25, -0.2) is 9.07 Å². The molecular formula is C13H13FN4S. The fourth-order valence-electron chi connectivity index (χ4n) is 2.37. The van der Waals surface area contributed by atoms with Gasteiger partial charge in [0.25, 0.3) is 0 Å². The first-order valence-corrected chi connectivity index (χ1v) is 6.31. The molecule has 6 heteroatoms. The predicted molar refractivity (Wildman–Crippen MR) is 74.7 cm³/mol. The Balaban J connectivity index is 2.46. The maximum atomic E-state index is 13.7. The minimum Gasteiger partial charge on any atom is -0.327 e. The number of rotatable bonds is 1. The van der Waals surface area contributed by atoms with Gasteiger partial charge in [-0.15, -0.1) is 0 Å². The summed E-state index contributed by atoms with van der Waals surface area (Å²) in [6.45, 7) is 3.66. The van der Waals surface area contributed by atoms with Crippen LogP contribution in [-0.2, 0) is 7.05 Å². The van der Waals surface area contributed by atoms with Crippen LogP contribution < -0.4 is 0 Å². The molecule has 0 aliphatic rings. The van der Waals surface area contributed by atoms with Crippen molar-refractivity contribution in [2.24, 2.45) is 7.05 Å². The number of hydrogen-bond acceptors (Lipinski definition) is 2. The number of nitrogens with one attached hydrogen (secondary N) is 1. The molecular weight excluding hydrogens is 263 g/mol. The normalized spacial score (nSPS) is 11.4. The van der Waals surface area contributed by atoms with Crippen molar-refractivity contribution in [1.29, 1.82) is 0 Å². The van der Waals surface area contributed by atoms with Gasteiger partial charge in [0.2, 0.25) is 0 Å². The van der Waals surface area contributed by atoms with Gasteiger partial charge in [-0.2, -0.15) is 5.10 Å². The van der Waals surface area contributed by atoms with Crippen molar-refractivity contribution >= 4 is 23.4 Å². The van der Waals surface area contributed by atoms with E-state index in [0.717, 1.165) is 22.5 Å². The number of halogens is 1. The van der Waals surface area contributed by atoms with Crippen molar-refractivity contribution in [3.63, 3.8) is 0 Å². The van der Waals surface area contributed by atoms with Gasteiger partial charge in [0, 0.05) is 12.6 Å². The lowest BCUT2D eigenvalue weighted by Gasteiger charge is -2.09. The van der Waals surface area contributed by atoms with Gasteiger partial charge in [0.05, 0.1) is 11.4 Å². The number of imidazole rings is 1. The first-order chi connectivity index (χ1) is 9.00. The summed E-state index contributed by atoms with van der Waals surface area (Å²) < 4.78 is 17.8. The number of benzene rings is 1. The molecule has 0 aliphatic carbocycles. The van der Waals surface area contributed by atoms with E-state index in [1.807, 2.05) is 24.6 Å². The number of aromatic nitrogens is 4. The van der Waals surface area contributed by atoms with Gasteiger partial charge >= 0.3 is 0 Å². The summed E-state index contributed by atoms with van der Waals surface area (Å²) in [5, 5.41) is 4.35. The Morgan fingerprint density at radius 1 is 1.32 bits per heavy atom. The van der Waals surface area contributed by atoms with Crippen molar-refractivity contribution in [3.05, 3.63) is 40.0 Å². The maximum absolute atomic E-state index is 13.7. The number of aromatic amines is 1. The van der Waals surface area contributed by atoms with Gasteiger partial charge in [0.1, 0.15) is 11.3 Å². The van der Waals surface area contributed by atoms with Crippen LogP contribution in [0.5, 0.6) is 0 Å². The lowest BCUT2D eigenvalue weighted by Crippen LogP contribution is -2.03. The second-order valence-electron chi connectivity index (χ2n) is 4.56. The molecule has 0 unspecified atom stereocenters. The molecule has 0 saturated carbocycles. The van der Waals surface area contributed by atoms with Crippen LogP contribution in [0.1, 0.15) is 11.3 Å². The van der Waals surface area contributed by atoms with E-state index in [1.165, 1.54) is 6.07 Å². The molecule has 3 aromatic rings. The minimum atomic E-state index is -0.243. The zero-order valence-electron chi connectivity index (χ0n) is 10.9. The van der Waals surface area contributed by atoms with Gasteiger partial charge in [-0.3, -0.25) is 4.57 Å². The Hall–Kier alpha value is -1.95. The average molecular weight is 276 g/mol. The Labute approximate surface area is 114 Å². The SMILES string of the molecule is Cc1c(F)cccc1-n1c(=S)[nH]c2c(C)nn(C)c21. The molecule has 0 aliphatic heterocycles. The summed E-state index contributed by atoms with van der Waals surface area (Å²) in [6, 6.07) is 4.98. The molecule has 98 valence electrons. The van der Waals surface area contributed by atoms with Crippen LogP contribution in [0.15, 0.2) is 18.2 Å². The summed E-state index contributed by atoms with van der Waals surface area (Å²) >= 11 is 5.35. The Morgan fingerprint density at radius 3 is 2.79 bits per heavy atom. The molecule has 0 bridgehead atoms. The lowest BCUT2D eigenvalue weighted by atomic mass is 10.2. The van der Waals surface area contributed by atoms with Crippen molar-refractivity contribution in [1.82, 2.24) is 19.3 Å². The maximum Gasteiger partial charge on any atom is 0.184 e. The number of hydrogen-bond donors (Lipinski definition) is 1. The van der Waals surface area contributed by atoms with Crippen molar-refractivity contribution in [3.8, 4) is 5.69 Å². The van der Waals surface area contributed by atoms with E-state index in [2.05, 4.69) is 10.1 Å². The first kappa shape index (κ1) is 12.1. The third kappa shape index (κ3) is 1.63. The van der Waals surface area contributed by atoms with Crippen LogP contribution in [0.4, 0.5) is 4.39 Å². The molecule has 3 rings (SSSR count). The Morgan fingerprint density at radius 2 is 2.05 bits per heavy atom. The van der Waals surface area contributed by atoms with E-state index < -0.39 is 0 Å².